The van der Waals surface area contributed by atoms with E-state index in [0.717, 1.165) is 60.8 Å². The summed E-state index contributed by atoms with van der Waals surface area (Å²) < 4.78 is 0. The summed E-state index contributed by atoms with van der Waals surface area (Å²) in [4.78, 5) is 15.9. The number of nitriles is 1. The molecule has 0 amide bonds. The molecule has 312 valence electrons. The maximum absolute atomic E-state index is 9.86. The van der Waals surface area contributed by atoms with E-state index in [1.165, 1.54) is 55.3 Å². The van der Waals surface area contributed by atoms with Crippen LogP contribution in [0.1, 0.15) is 30.5 Å². The highest BCUT2D eigenvalue weighted by atomic mass is 15.0. The summed E-state index contributed by atoms with van der Waals surface area (Å²) in [5, 5.41) is 14.5. The minimum atomic E-state index is -0.169. The molecule has 4 heteroatoms. The van der Waals surface area contributed by atoms with Gasteiger partial charge in [-0.15, -0.1) is 0 Å². The first-order valence-electron chi connectivity index (χ1n) is 22.8. The lowest BCUT2D eigenvalue weighted by atomic mass is 9.82. The van der Waals surface area contributed by atoms with E-state index in [2.05, 4.69) is 184 Å². The van der Waals surface area contributed by atoms with Gasteiger partial charge in [0.25, 0.3) is 0 Å². The van der Waals surface area contributed by atoms with Crippen LogP contribution >= 0.6 is 0 Å². The molecule has 11 aromatic rings. The van der Waals surface area contributed by atoms with E-state index >= 15 is 0 Å². The smallest absolute Gasteiger partial charge is 0.164 e. The van der Waals surface area contributed by atoms with Gasteiger partial charge in [-0.05, 0) is 124 Å². The van der Waals surface area contributed by atoms with E-state index in [1.54, 1.807) is 0 Å². The van der Waals surface area contributed by atoms with Crippen LogP contribution in [-0.2, 0) is 5.41 Å². The minimum absolute atomic E-state index is 0.169. The van der Waals surface area contributed by atoms with Gasteiger partial charge in [-0.3, -0.25) is 0 Å². The van der Waals surface area contributed by atoms with E-state index in [4.69, 9.17) is 15.0 Å². The molecule has 0 fully saturated rings. The summed E-state index contributed by atoms with van der Waals surface area (Å²) in [6.07, 6.45) is 0. The number of fused-ring (bicyclic) bond motifs is 7. The first kappa shape index (κ1) is 38.7. The monoisotopic (exact) mass is 852 g/mol. The molecule has 10 aromatic carbocycles. The second kappa shape index (κ2) is 14.9. The molecule has 2 aliphatic rings. The molecule has 1 aromatic heterocycles. The van der Waals surface area contributed by atoms with Crippen LogP contribution in [0.25, 0.3) is 122 Å². The third-order valence-electron chi connectivity index (χ3n) is 14.1. The molecule has 0 spiro atoms. The molecular formula is C63H40N4. The molecule has 4 nitrogen and oxygen atoms in total. The molecule has 2 aliphatic carbocycles. The number of rotatable bonds is 6. The maximum Gasteiger partial charge on any atom is 0.164 e. The van der Waals surface area contributed by atoms with Crippen LogP contribution in [0.15, 0.2) is 206 Å². The standard InChI is InChI=1S/C63H40N4/c1-63(2)56-23-13-12-21-50(56)51-29-28-43(36-57(51)63)61-65-60(38-14-4-3-5-15-38)66-62(67-61)55-22-11-10-20-49(55)54-33-32-53-48-19-9-8-18-47(48)52-31-30-46(58(54)59(52)53)42-27-25-39-34-41(26-24-40(39)35-42)45-17-7-6-16-44(45)37-64/h3-36H,1-2H3. The predicted molar refractivity (Wildman–Crippen MR) is 274 cm³/mol. The Kier molecular flexibility index (Phi) is 8.59. The fraction of sp³-hybridized carbons (Fsp3) is 0.0476. The van der Waals surface area contributed by atoms with Crippen LogP contribution in [-0.4, -0.2) is 15.0 Å². The lowest BCUT2D eigenvalue weighted by Crippen LogP contribution is -2.15. The summed E-state index contributed by atoms with van der Waals surface area (Å²) >= 11 is 0. The topological polar surface area (TPSA) is 62.5 Å². The Bertz CT molecular complexity index is 3880. The Labute approximate surface area is 389 Å². The van der Waals surface area contributed by atoms with Crippen LogP contribution in [0.5, 0.6) is 0 Å². The van der Waals surface area contributed by atoms with Gasteiger partial charge in [0.15, 0.2) is 17.5 Å². The Morgan fingerprint density at radius 1 is 0.328 bits per heavy atom. The molecule has 0 aliphatic heterocycles. The number of nitrogens with zero attached hydrogens (tertiary/aromatic N) is 4. The minimum Gasteiger partial charge on any atom is -0.208 e. The van der Waals surface area contributed by atoms with Crippen molar-refractivity contribution in [2.24, 2.45) is 0 Å². The van der Waals surface area contributed by atoms with Crippen molar-refractivity contribution in [3.05, 3.63) is 223 Å². The van der Waals surface area contributed by atoms with Crippen molar-refractivity contribution in [3.63, 3.8) is 0 Å². The zero-order valence-corrected chi connectivity index (χ0v) is 36.9. The number of aromatic nitrogens is 3. The van der Waals surface area contributed by atoms with Crippen molar-refractivity contribution in [1.29, 1.82) is 5.26 Å². The van der Waals surface area contributed by atoms with Gasteiger partial charge in [0, 0.05) is 22.1 Å². The highest BCUT2D eigenvalue weighted by Crippen LogP contribution is 2.53. The van der Waals surface area contributed by atoms with Crippen LogP contribution < -0.4 is 0 Å². The van der Waals surface area contributed by atoms with Gasteiger partial charge in [-0.2, -0.15) is 5.26 Å². The van der Waals surface area contributed by atoms with Gasteiger partial charge in [0.1, 0.15) is 0 Å². The highest BCUT2D eigenvalue weighted by Gasteiger charge is 2.35. The first-order valence-corrected chi connectivity index (χ1v) is 22.8. The highest BCUT2D eigenvalue weighted by molar-refractivity contribution is 6.23. The molecule has 0 saturated heterocycles. The van der Waals surface area contributed by atoms with Crippen molar-refractivity contribution in [2.75, 3.05) is 0 Å². The fourth-order valence-corrected chi connectivity index (χ4v) is 10.9. The summed E-state index contributed by atoms with van der Waals surface area (Å²) in [6.45, 7) is 4.62. The van der Waals surface area contributed by atoms with Crippen LogP contribution in [0.3, 0.4) is 0 Å². The number of hydrogen-bond donors (Lipinski definition) is 0. The Balaban J connectivity index is 1.01. The van der Waals surface area contributed by atoms with Gasteiger partial charge >= 0.3 is 0 Å². The van der Waals surface area contributed by atoms with E-state index < -0.39 is 0 Å². The lowest BCUT2D eigenvalue weighted by molar-refractivity contribution is 0.660. The molecule has 0 radical (unpaired) electrons. The Morgan fingerprint density at radius 3 is 1.43 bits per heavy atom. The van der Waals surface area contributed by atoms with Crippen LogP contribution in [0.4, 0.5) is 0 Å². The second-order valence-electron chi connectivity index (χ2n) is 18.2. The molecule has 0 unspecified atom stereocenters. The molecular weight excluding hydrogens is 813 g/mol. The predicted octanol–water partition coefficient (Wildman–Crippen LogP) is 16.0. The Morgan fingerprint density at radius 2 is 0.776 bits per heavy atom. The zero-order valence-electron chi connectivity index (χ0n) is 36.9. The van der Waals surface area contributed by atoms with Gasteiger partial charge in [-0.25, -0.2) is 15.0 Å². The Hall–Kier alpha value is -8.78. The van der Waals surface area contributed by atoms with Crippen molar-refractivity contribution >= 4 is 21.5 Å². The van der Waals surface area contributed by atoms with Gasteiger partial charge in [0.2, 0.25) is 0 Å². The average Bonchev–Trinajstić information content (AvgIpc) is 3.84. The second-order valence-corrected chi connectivity index (χ2v) is 18.2. The van der Waals surface area contributed by atoms with E-state index in [1.807, 2.05) is 42.5 Å². The largest absolute Gasteiger partial charge is 0.208 e. The molecule has 13 rings (SSSR count). The molecule has 0 saturated carbocycles. The maximum atomic E-state index is 9.86. The SMILES string of the molecule is CC1(C)c2ccccc2-c2ccc(-c3nc(-c4ccccc4)nc(-c4ccccc4-c4ccc5c6c(ccc(-c7ccc8cc(-c9ccccc9C#N)ccc8c7)c46)-c4ccccc4-5)n3)cc21. The summed E-state index contributed by atoms with van der Waals surface area (Å²) in [5.74, 6) is 1.89. The van der Waals surface area contributed by atoms with Crippen molar-refractivity contribution in [1.82, 2.24) is 15.0 Å². The van der Waals surface area contributed by atoms with Crippen molar-refractivity contribution in [3.8, 4) is 107 Å². The number of hydrogen-bond acceptors (Lipinski definition) is 4. The quantitative estimate of drug-likeness (QED) is 0.167. The van der Waals surface area contributed by atoms with Crippen LogP contribution in [0, 0.1) is 11.3 Å². The summed E-state index contributed by atoms with van der Waals surface area (Å²) in [7, 11) is 0. The third kappa shape index (κ3) is 6.02. The normalized spacial score (nSPS) is 12.7. The fourth-order valence-electron chi connectivity index (χ4n) is 10.9. The van der Waals surface area contributed by atoms with E-state index in [0.29, 0.717) is 23.0 Å². The molecule has 67 heavy (non-hydrogen) atoms. The lowest BCUT2D eigenvalue weighted by Gasteiger charge is -2.22. The number of benzene rings is 10. The molecule has 0 atom stereocenters. The van der Waals surface area contributed by atoms with Crippen molar-refractivity contribution in [2.45, 2.75) is 19.3 Å². The van der Waals surface area contributed by atoms with Gasteiger partial charge < -0.3 is 0 Å². The molecule has 0 N–H and O–H groups in total. The van der Waals surface area contributed by atoms with Gasteiger partial charge in [0.05, 0.1) is 11.6 Å². The van der Waals surface area contributed by atoms with E-state index in [9.17, 15) is 5.26 Å². The summed E-state index contributed by atoms with van der Waals surface area (Å²) in [5.41, 5.74) is 19.9. The molecule has 0 bridgehead atoms. The molecule has 1 heterocycles. The van der Waals surface area contributed by atoms with Gasteiger partial charge in [-0.1, -0.05) is 196 Å². The van der Waals surface area contributed by atoms with Crippen LogP contribution in [0.2, 0.25) is 0 Å². The first-order chi connectivity index (χ1) is 32.9. The van der Waals surface area contributed by atoms with Crippen molar-refractivity contribution < 1.29 is 0 Å². The van der Waals surface area contributed by atoms with E-state index in [-0.39, 0.29) is 5.41 Å². The average molecular weight is 853 g/mol. The summed E-state index contributed by atoms with van der Waals surface area (Å²) in [6, 6.07) is 75.6. The zero-order chi connectivity index (χ0) is 44.8. The third-order valence-corrected chi connectivity index (χ3v) is 14.1.